The molecular weight excluding hydrogens is 281 g/mol. The highest BCUT2D eigenvalue weighted by atomic mass is 19.1. The minimum absolute atomic E-state index is 0.0688. The van der Waals surface area contributed by atoms with Gasteiger partial charge in [-0.2, -0.15) is 0 Å². The highest BCUT2D eigenvalue weighted by Gasteiger charge is 2.35. The maximum absolute atomic E-state index is 13.2. The molecule has 0 saturated heterocycles. The van der Waals surface area contributed by atoms with E-state index in [1.54, 1.807) is 24.3 Å². The summed E-state index contributed by atoms with van der Waals surface area (Å²) < 4.78 is 13.2. The fourth-order valence-electron chi connectivity index (χ4n) is 3.49. The van der Waals surface area contributed by atoms with Crippen LogP contribution in [-0.2, 0) is 0 Å². The second-order valence-corrected chi connectivity index (χ2v) is 6.22. The molecule has 1 aromatic rings. The first-order valence-electron chi connectivity index (χ1n) is 7.94. The lowest BCUT2D eigenvalue weighted by atomic mass is 9.85. The third kappa shape index (κ3) is 2.82. The molecule has 1 saturated carbocycles. The third-order valence-electron chi connectivity index (χ3n) is 4.67. The molecule has 2 aliphatic rings. The van der Waals surface area contributed by atoms with Crippen molar-refractivity contribution in [3.8, 4) is 0 Å². The van der Waals surface area contributed by atoms with Gasteiger partial charge in [0, 0.05) is 0 Å². The molecule has 0 atom stereocenters. The van der Waals surface area contributed by atoms with Gasteiger partial charge in [-0.25, -0.2) is 4.39 Å². The van der Waals surface area contributed by atoms with Gasteiger partial charge in [0.05, 0.1) is 24.0 Å². The van der Waals surface area contributed by atoms with Gasteiger partial charge in [-0.3, -0.25) is 14.5 Å². The minimum Gasteiger partial charge on any atom is -0.270 e. The van der Waals surface area contributed by atoms with Gasteiger partial charge < -0.3 is 0 Å². The van der Waals surface area contributed by atoms with E-state index < -0.39 is 0 Å². The van der Waals surface area contributed by atoms with Crippen LogP contribution >= 0.6 is 0 Å². The standard InChI is InChI=1S/C18H20FNO2/c19-11-14(10-13-6-2-1-3-7-13)12-20-17(21)15-8-4-5-9-16(15)18(20)22/h4-5,8-9,11,13H,1-3,6-7,10,12H2/b14-11-. The fourth-order valence-corrected chi connectivity index (χ4v) is 3.49. The number of amides is 2. The molecule has 4 heteroatoms. The molecule has 0 radical (unpaired) electrons. The Labute approximate surface area is 129 Å². The first kappa shape index (κ1) is 14.9. The molecule has 22 heavy (non-hydrogen) atoms. The van der Waals surface area contributed by atoms with E-state index in [0.29, 0.717) is 35.4 Å². The van der Waals surface area contributed by atoms with Crippen molar-refractivity contribution in [1.29, 1.82) is 0 Å². The number of hydrogen-bond acceptors (Lipinski definition) is 2. The van der Waals surface area contributed by atoms with E-state index in [1.165, 1.54) is 24.2 Å². The van der Waals surface area contributed by atoms with Crippen LogP contribution in [0.15, 0.2) is 36.2 Å². The summed E-state index contributed by atoms with van der Waals surface area (Å²) in [5.41, 5.74) is 1.38. The van der Waals surface area contributed by atoms with Crippen molar-refractivity contribution in [2.45, 2.75) is 38.5 Å². The molecule has 1 aliphatic heterocycles. The zero-order chi connectivity index (χ0) is 15.5. The monoisotopic (exact) mass is 301 g/mol. The Morgan fingerprint density at radius 1 is 1.09 bits per heavy atom. The molecule has 3 nitrogen and oxygen atoms in total. The number of rotatable bonds is 4. The lowest BCUT2D eigenvalue weighted by molar-refractivity contribution is 0.0665. The number of halogens is 1. The quantitative estimate of drug-likeness (QED) is 0.785. The van der Waals surface area contributed by atoms with E-state index in [2.05, 4.69) is 0 Å². The number of imide groups is 1. The second-order valence-electron chi connectivity index (χ2n) is 6.22. The Kier molecular flexibility index (Phi) is 4.36. The summed E-state index contributed by atoms with van der Waals surface area (Å²) in [4.78, 5) is 25.8. The minimum atomic E-state index is -0.316. The van der Waals surface area contributed by atoms with Gasteiger partial charge in [0.2, 0.25) is 0 Å². The van der Waals surface area contributed by atoms with E-state index >= 15 is 0 Å². The van der Waals surface area contributed by atoms with Gasteiger partial charge in [0.15, 0.2) is 0 Å². The van der Waals surface area contributed by atoms with Crippen molar-refractivity contribution in [1.82, 2.24) is 4.90 Å². The van der Waals surface area contributed by atoms with Gasteiger partial charge >= 0.3 is 0 Å². The Morgan fingerprint density at radius 2 is 1.68 bits per heavy atom. The third-order valence-corrected chi connectivity index (χ3v) is 4.67. The normalized spacial score (nSPS) is 19.7. The Bertz CT molecular complexity index is 582. The summed E-state index contributed by atoms with van der Waals surface area (Å²) in [7, 11) is 0. The van der Waals surface area contributed by atoms with E-state index in [4.69, 9.17) is 0 Å². The van der Waals surface area contributed by atoms with Crippen LogP contribution in [0.3, 0.4) is 0 Å². The Hall–Kier alpha value is -1.97. The van der Waals surface area contributed by atoms with Gasteiger partial charge in [0.1, 0.15) is 0 Å². The molecule has 0 unspecified atom stereocenters. The van der Waals surface area contributed by atoms with Crippen molar-refractivity contribution in [2.75, 3.05) is 6.54 Å². The van der Waals surface area contributed by atoms with Crippen LogP contribution in [0.25, 0.3) is 0 Å². The van der Waals surface area contributed by atoms with Crippen LogP contribution < -0.4 is 0 Å². The molecule has 1 fully saturated rings. The molecule has 2 amide bonds. The predicted molar refractivity (Wildman–Crippen MR) is 82.2 cm³/mol. The molecule has 0 aromatic heterocycles. The number of carbonyl (C=O) groups is 2. The zero-order valence-corrected chi connectivity index (χ0v) is 12.6. The molecule has 0 N–H and O–H groups in total. The van der Waals surface area contributed by atoms with Crippen LogP contribution in [0.4, 0.5) is 4.39 Å². The first-order chi connectivity index (χ1) is 10.7. The van der Waals surface area contributed by atoms with Crippen molar-refractivity contribution < 1.29 is 14.0 Å². The average Bonchev–Trinajstić information content (AvgIpc) is 2.80. The van der Waals surface area contributed by atoms with Gasteiger partial charge in [0.25, 0.3) is 11.8 Å². The molecule has 1 aromatic carbocycles. The summed E-state index contributed by atoms with van der Waals surface area (Å²) >= 11 is 0. The highest BCUT2D eigenvalue weighted by Crippen LogP contribution is 2.30. The summed E-state index contributed by atoms with van der Waals surface area (Å²) in [5, 5.41) is 0. The van der Waals surface area contributed by atoms with E-state index in [0.717, 1.165) is 12.8 Å². The van der Waals surface area contributed by atoms with E-state index in [9.17, 15) is 14.0 Å². The first-order valence-corrected chi connectivity index (χ1v) is 7.94. The Morgan fingerprint density at radius 3 is 2.23 bits per heavy atom. The smallest absolute Gasteiger partial charge is 0.261 e. The van der Waals surface area contributed by atoms with Gasteiger partial charge in [-0.1, -0.05) is 44.2 Å². The zero-order valence-electron chi connectivity index (χ0n) is 12.6. The highest BCUT2D eigenvalue weighted by molar-refractivity contribution is 6.21. The number of fused-ring (bicyclic) bond motifs is 1. The molecule has 1 aliphatic carbocycles. The fraction of sp³-hybridized carbons (Fsp3) is 0.444. The van der Waals surface area contributed by atoms with Crippen LogP contribution in [0.1, 0.15) is 59.2 Å². The van der Waals surface area contributed by atoms with E-state index in [1.807, 2.05) is 0 Å². The average molecular weight is 301 g/mol. The van der Waals surface area contributed by atoms with Crippen LogP contribution in [0, 0.1) is 5.92 Å². The topological polar surface area (TPSA) is 37.4 Å². The Balaban J connectivity index is 1.70. The van der Waals surface area contributed by atoms with Crippen molar-refractivity contribution in [3.63, 3.8) is 0 Å². The SMILES string of the molecule is O=C1c2ccccc2C(=O)N1C/C(=C\F)CC1CCCCC1. The second kappa shape index (κ2) is 6.42. The summed E-state index contributed by atoms with van der Waals surface area (Å²) in [6.45, 7) is 0.0688. The molecule has 116 valence electrons. The largest absolute Gasteiger partial charge is 0.270 e. The summed E-state index contributed by atoms with van der Waals surface area (Å²) in [6, 6.07) is 6.77. The number of nitrogens with zero attached hydrogens (tertiary/aromatic N) is 1. The van der Waals surface area contributed by atoms with Gasteiger partial charge in [-0.05, 0) is 30.0 Å². The number of carbonyl (C=O) groups excluding carboxylic acids is 2. The maximum Gasteiger partial charge on any atom is 0.261 e. The summed E-state index contributed by atoms with van der Waals surface area (Å²) in [6.07, 6.45) is 7.08. The molecule has 3 rings (SSSR count). The van der Waals surface area contributed by atoms with Gasteiger partial charge in [-0.15, -0.1) is 0 Å². The lowest BCUT2D eigenvalue weighted by Gasteiger charge is -2.24. The maximum atomic E-state index is 13.2. The van der Waals surface area contributed by atoms with Crippen LogP contribution in [0.5, 0.6) is 0 Å². The lowest BCUT2D eigenvalue weighted by Crippen LogP contribution is -2.32. The molecule has 0 spiro atoms. The number of benzene rings is 1. The number of hydrogen-bond donors (Lipinski definition) is 0. The molecule has 1 heterocycles. The van der Waals surface area contributed by atoms with Crippen LogP contribution in [-0.4, -0.2) is 23.3 Å². The summed E-state index contributed by atoms with van der Waals surface area (Å²) in [5.74, 6) is -0.155. The van der Waals surface area contributed by atoms with Crippen molar-refractivity contribution in [2.24, 2.45) is 5.92 Å². The molecule has 0 bridgehead atoms. The van der Waals surface area contributed by atoms with Crippen LogP contribution in [0.2, 0.25) is 0 Å². The van der Waals surface area contributed by atoms with Crippen molar-refractivity contribution in [3.05, 3.63) is 47.3 Å². The van der Waals surface area contributed by atoms with E-state index in [-0.39, 0.29) is 18.4 Å². The van der Waals surface area contributed by atoms with Crippen molar-refractivity contribution >= 4 is 11.8 Å². The predicted octanol–water partition coefficient (Wildman–Crippen LogP) is 4.11. The molecular formula is C18H20FNO2.